The van der Waals surface area contributed by atoms with Crippen LogP contribution in [0.1, 0.15) is 38.5 Å². The van der Waals surface area contributed by atoms with Crippen LogP contribution in [0.4, 0.5) is 10.6 Å². The fourth-order valence-corrected chi connectivity index (χ4v) is 4.12. The molecule has 6 nitrogen and oxygen atoms in total. The van der Waals surface area contributed by atoms with E-state index in [4.69, 9.17) is 5.26 Å². The van der Waals surface area contributed by atoms with E-state index in [1.54, 1.807) is 12.3 Å². The maximum absolute atomic E-state index is 12.5. The van der Waals surface area contributed by atoms with Gasteiger partial charge in [0.25, 0.3) is 0 Å². The molecule has 6 heteroatoms. The molecule has 1 aliphatic carbocycles. The minimum Gasteiger partial charge on any atom is -0.318 e. The van der Waals surface area contributed by atoms with Crippen LogP contribution in [-0.4, -0.2) is 32.8 Å². The number of urea groups is 1. The maximum Gasteiger partial charge on any atom is 0.323 e. The van der Waals surface area contributed by atoms with E-state index in [9.17, 15) is 4.79 Å². The Labute approximate surface area is 123 Å². The smallest absolute Gasteiger partial charge is 0.318 e. The van der Waals surface area contributed by atoms with Gasteiger partial charge in [0.15, 0.2) is 5.82 Å². The van der Waals surface area contributed by atoms with Crippen LogP contribution in [0.3, 0.4) is 0 Å². The number of aromatic nitrogens is 2. The molecule has 1 saturated carbocycles. The summed E-state index contributed by atoms with van der Waals surface area (Å²) in [4.78, 5) is 14.6. The van der Waals surface area contributed by atoms with Crippen LogP contribution in [0.5, 0.6) is 0 Å². The Morgan fingerprint density at radius 2 is 2.14 bits per heavy atom. The molecule has 1 N–H and O–H groups in total. The minimum absolute atomic E-state index is 0.0276. The Morgan fingerprint density at radius 1 is 1.43 bits per heavy atom. The number of anilines is 1. The molecule has 3 aliphatic rings. The highest BCUT2D eigenvalue weighted by Crippen LogP contribution is 2.59. The molecular weight excluding hydrogens is 266 g/mol. The summed E-state index contributed by atoms with van der Waals surface area (Å²) in [5.74, 6) is 0.529. The van der Waals surface area contributed by atoms with E-state index < -0.39 is 0 Å². The van der Waals surface area contributed by atoms with Gasteiger partial charge in [-0.3, -0.25) is 10.00 Å². The summed E-state index contributed by atoms with van der Waals surface area (Å²) in [6.45, 7) is 0.202. The van der Waals surface area contributed by atoms with E-state index in [2.05, 4.69) is 10.4 Å². The number of piperidine rings is 1. The van der Waals surface area contributed by atoms with Gasteiger partial charge in [0, 0.05) is 24.3 Å². The van der Waals surface area contributed by atoms with Crippen molar-refractivity contribution in [1.29, 1.82) is 5.26 Å². The molecule has 21 heavy (non-hydrogen) atoms. The second-order valence-corrected chi connectivity index (χ2v) is 6.69. The molecule has 110 valence electrons. The van der Waals surface area contributed by atoms with Gasteiger partial charge in [0.1, 0.15) is 6.54 Å². The number of amides is 2. The molecule has 0 radical (unpaired) electrons. The number of hydrogen-bond donors (Lipinski definition) is 1. The molecule has 2 bridgehead atoms. The molecule has 2 amide bonds. The third-order valence-electron chi connectivity index (χ3n) is 5.26. The number of carbonyl (C=O) groups excluding carboxylic acids is 1. The lowest BCUT2D eigenvalue weighted by molar-refractivity contribution is 0.123. The SMILES string of the molecule is N#CCn1ccc(NC(=O)N2C3CCC2CC2(CC2)C3)n1. The topological polar surface area (TPSA) is 74.0 Å². The zero-order chi connectivity index (χ0) is 14.4. The van der Waals surface area contributed by atoms with Crippen LogP contribution < -0.4 is 5.32 Å². The molecule has 2 unspecified atom stereocenters. The van der Waals surface area contributed by atoms with E-state index >= 15 is 0 Å². The van der Waals surface area contributed by atoms with Crippen molar-refractivity contribution in [3.05, 3.63) is 12.3 Å². The van der Waals surface area contributed by atoms with E-state index in [1.807, 2.05) is 11.0 Å². The number of carbonyl (C=O) groups is 1. The number of nitrogens with zero attached hydrogens (tertiary/aromatic N) is 4. The third kappa shape index (κ3) is 2.17. The van der Waals surface area contributed by atoms with Gasteiger partial charge < -0.3 is 4.90 Å². The normalized spacial score (nSPS) is 28.4. The molecule has 0 aromatic carbocycles. The monoisotopic (exact) mass is 285 g/mol. The van der Waals surface area contributed by atoms with Gasteiger partial charge in [-0.15, -0.1) is 0 Å². The Kier molecular flexibility index (Phi) is 2.71. The van der Waals surface area contributed by atoms with Crippen molar-refractivity contribution in [3.63, 3.8) is 0 Å². The van der Waals surface area contributed by atoms with E-state index in [-0.39, 0.29) is 12.6 Å². The first-order chi connectivity index (χ1) is 10.2. The first-order valence-corrected chi connectivity index (χ1v) is 7.69. The Hall–Kier alpha value is -2.03. The van der Waals surface area contributed by atoms with Gasteiger partial charge in [-0.05, 0) is 43.9 Å². The average molecular weight is 285 g/mol. The lowest BCUT2D eigenvalue weighted by atomic mass is 9.88. The maximum atomic E-state index is 12.5. The zero-order valence-corrected chi connectivity index (χ0v) is 12.0. The highest BCUT2D eigenvalue weighted by atomic mass is 16.2. The molecule has 2 saturated heterocycles. The van der Waals surface area contributed by atoms with Gasteiger partial charge in [-0.2, -0.15) is 10.4 Å². The van der Waals surface area contributed by atoms with Crippen molar-refractivity contribution in [3.8, 4) is 6.07 Å². The molecule has 4 rings (SSSR count). The molecule has 2 atom stereocenters. The van der Waals surface area contributed by atoms with Crippen LogP contribution in [0, 0.1) is 16.7 Å². The van der Waals surface area contributed by atoms with Crippen molar-refractivity contribution in [1.82, 2.24) is 14.7 Å². The molecule has 2 aliphatic heterocycles. The van der Waals surface area contributed by atoms with Crippen molar-refractivity contribution in [2.24, 2.45) is 5.41 Å². The summed E-state index contributed by atoms with van der Waals surface area (Å²) >= 11 is 0. The molecule has 1 spiro atoms. The van der Waals surface area contributed by atoms with E-state index in [0.29, 0.717) is 23.3 Å². The molecule has 1 aromatic rings. The predicted octanol–water partition coefficient (Wildman–Crippen LogP) is 2.35. The quantitative estimate of drug-likeness (QED) is 0.906. The fraction of sp³-hybridized carbons (Fsp3) is 0.667. The van der Waals surface area contributed by atoms with Crippen LogP contribution in [0.2, 0.25) is 0 Å². The van der Waals surface area contributed by atoms with E-state index in [0.717, 1.165) is 12.8 Å². The van der Waals surface area contributed by atoms with E-state index in [1.165, 1.54) is 30.4 Å². The number of nitrogens with one attached hydrogen (secondary N) is 1. The summed E-state index contributed by atoms with van der Waals surface area (Å²) in [5.41, 5.74) is 0.580. The number of fused-ring (bicyclic) bond motifs is 2. The lowest BCUT2D eigenvalue weighted by Crippen LogP contribution is -2.49. The van der Waals surface area contributed by atoms with Gasteiger partial charge in [0.2, 0.25) is 0 Å². The first-order valence-electron chi connectivity index (χ1n) is 7.69. The van der Waals surface area contributed by atoms with Crippen LogP contribution in [0.25, 0.3) is 0 Å². The number of hydrogen-bond acceptors (Lipinski definition) is 3. The molecular formula is C15H19N5O. The van der Waals surface area contributed by atoms with Gasteiger partial charge >= 0.3 is 6.03 Å². The second-order valence-electron chi connectivity index (χ2n) is 6.69. The van der Waals surface area contributed by atoms with Crippen molar-refractivity contribution in [2.45, 2.75) is 57.2 Å². The summed E-state index contributed by atoms with van der Waals surface area (Å²) < 4.78 is 1.53. The summed E-state index contributed by atoms with van der Waals surface area (Å²) in [7, 11) is 0. The summed E-state index contributed by atoms with van der Waals surface area (Å²) in [6.07, 6.45) is 9.07. The largest absolute Gasteiger partial charge is 0.323 e. The number of nitriles is 1. The molecule has 3 heterocycles. The van der Waals surface area contributed by atoms with Crippen molar-refractivity contribution >= 4 is 11.8 Å². The van der Waals surface area contributed by atoms with Crippen LogP contribution in [0.15, 0.2) is 12.3 Å². The lowest BCUT2D eigenvalue weighted by Gasteiger charge is -2.39. The van der Waals surface area contributed by atoms with Crippen LogP contribution in [-0.2, 0) is 6.54 Å². The first kappa shape index (κ1) is 12.7. The van der Waals surface area contributed by atoms with Gasteiger partial charge in [-0.1, -0.05) is 0 Å². The molecule has 1 aromatic heterocycles. The zero-order valence-electron chi connectivity index (χ0n) is 12.0. The van der Waals surface area contributed by atoms with Gasteiger partial charge in [0.05, 0.1) is 6.07 Å². The highest BCUT2D eigenvalue weighted by Gasteiger charge is 2.55. The minimum atomic E-state index is -0.0276. The van der Waals surface area contributed by atoms with Crippen molar-refractivity contribution in [2.75, 3.05) is 5.32 Å². The summed E-state index contributed by atoms with van der Waals surface area (Å²) in [5, 5.41) is 15.7. The Bertz CT molecular complexity index is 596. The Balaban J connectivity index is 1.44. The third-order valence-corrected chi connectivity index (χ3v) is 5.26. The number of rotatable bonds is 2. The summed E-state index contributed by atoms with van der Waals surface area (Å²) in [6, 6.07) is 4.56. The fourth-order valence-electron chi connectivity index (χ4n) is 4.12. The average Bonchev–Trinajstić information content (AvgIpc) is 2.93. The Morgan fingerprint density at radius 3 is 2.76 bits per heavy atom. The standard InChI is InChI=1S/C15H19N5O/c16-6-8-19-7-3-13(18-19)17-14(21)20-11-1-2-12(20)10-15(9-11)4-5-15/h3,7,11-12H,1-2,4-5,8-10H2,(H,17,18,21). The van der Waals surface area contributed by atoms with Crippen LogP contribution >= 0.6 is 0 Å². The van der Waals surface area contributed by atoms with Crippen molar-refractivity contribution < 1.29 is 4.79 Å². The second kappa shape index (κ2) is 4.48. The predicted molar refractivity (Wildman–Crippen MR) is 76.4 cm³/mol. The molecule has 3 fully saturated rings. The highest BCUT2D eigenvalue weighted by molar-refractivity contribution is 5.89. The van der Waals surface area contributed by atoms with Gasteiger partial charge in [-0.25, -0.2) is 4.79 Å².